The van der Waals surface area contributed by atoms with Gasteiger partial charge in [-0.25, -0.2) is 4.79 Å². The monoisotopic (exact) mass is 217 g/mol. The smallest absolute Gasteiger partial charge is 0.332 e. The van der Waals surface area contributed by atoms with Gasteiger partial charge in [-0.15, -0.1) is 0 Å². The molecule has 0 aliphatic rings. The number of hydrogen-bond donors (Lipinski definition) is 1. The van der Waals surface area contributed by atoms with Gasteiger partial charge in [-0.2, -0.15) is 0 Å². The third-order valence-electron chi connectivity index (χ3n) is 1.78. The van der Waals surface area contributed by atoms with Crippen LogP contribution in [0.1, 0.15) is 12.5 Å². The summed E-state index contributed by atoms with van der Waals surface area (Å²) in [5.74, 6) is -0.419. The fourth-order valence-electron chi connectivity index (χ4n) is 1.11. The first-order chi connectivity index (χ1) is 7.68. The standard InChI is InChI=1S/C13H15NO2/c1-11(14)10-13(15)16-9-5-8-12-6-3-2-4-7-12/h2-8,10H,9,14H2,1H3/b8-5+,11-10-. The van der Waals surface area contributed by atoms with E-state index in [0.717, 1.165) is 5.56 Å². The van der Waals surface area contributed by atoms with Crippen molar-refractivity contribution in [3.63, 3.8) is 0 Å². The van der Waals surface area contributed by atoms with Crippen molar-refractivity contribution in [3.05, 3.63) is 53.7 Å². The molecule has 0 atom stereocenters. The number of ether oxygens (including phenoxy) is 1. The highest BCUT2D eigenvalue weighted by atomic mass is 16.5. The molecule has 0 unspecified atom stereocenters. The maximum Gasteiger partial charge on any atom is 0.332 e. The molecule has 0 aromatic heterocycles. The van der Waals surface area contributed by atoms with E-state index in [2.05, 4.69) is 0 Å². The van der Waals surface area contributed by atoms with Gasteiger partial charge in [0.2, 0.25) is 0 Å². The van der Waals surface area contributed by atoms with E-state index in [1.807, 2.05) is 36.4 Å². The van der Waals surface area contributed by atoms with Crippen LogP contribution in [0.3, 0.4) is 0 Å². The largest absolute Gasteiger partial charge is 0.458 e. The Morgan fingerprint density at radius 3 is 2.69 bits per heavy atom. The molecule has 3 heteroatoms. The van der Waals surface area contributed by atoms with E-state index < -0.39 is 5.97 Å². The fourth-order valence-corrected chi connectivity index (χ4v) is 1.11. The minimum Gasteiger partial charge on any atom is -0.458 e. The lowest BCUT2D eigenvalue weighted by Crippen LogP contribution is -2.03. The Bertz CT molecular complexity index is 390. The van der Waals surface area contributed by atoms with Crippen molar-refractivity contribution in [1.82, 2.24) is 0 Å². The van der Waals surface area contributed by atoms with Crippen LogP contribution >= 0.6 is 0 Å². The number of allylic oxidation sites excluding steroid dienone is 1. The van der Waals surface area contributed by atoms with E-state index in [1.165, 1.54) is 6.08 Å². The summed E-state index contributed by atoms with van der Waals surface area (Å²) in [6, 6.07) is 9.80. The normalized spacial score (nSPS) is 11.7. The van der Waals surface area contributed by atoms with Gasteiger partial charge in [-0.05, 0) is 18.6 Å². The van der Waals surface area contributed by atoms with Gasteiger partial charge in [0.15, 0.2) is 0 Å². The molecule has 0 heterocycles. The van der Waals surface area contributed by atoms with Gasteiger partial charge in [-0.3, -0.25) is 0 Å². The fraction of sp³-hybridized carbons (Fsp3) is 0.154. The van der Waals surface area contributed by atoms with Crippen LogP contribution in [0, 0.1) is 0 Å². The third kappa shape index (κ3) is 5.00. The summed E-state index contributed by atoms with van der Waals surface area (Å²) in [4.78, 5) is 11.1. The number of carbonyl (C=O) groups excluding carboxylic acids is 1. The molecule has 0 bridgehead atoms. The maximum atomic E-state index is 11.1. The first kappa shape index (κ1) is 12.0. The van der Waals surface area contributed by atoms with Gasteiger partial charge in [0.1, 0.15) is 6.61 Å². The van der Waals surface area contributed by atoms with Crippen LogP contribution in [0.2, 0.25) is 0 Å². The van der Waals surface area contributed by atoms with Crippen molar-refractivity contribution in [3.8, 4) is 0 Å². The molecule has 1 rings (SSSR count). The molecule has 0 spiro atoms. The highest BCUT2D eigenvalue weighted by molar-refractivity contribution is 5.82. The van der Waals surface area contributed by atoms with Gasteiger partial charge < -0.3 is 10.5 Å². The van der Waals surface area contributed by atoms with E-state index >= 15 is 0 Å². The Morgan fingerprint density at radius 2 is 2.06 bits per heavy atom. The van der Waals surface area contributed by atoms with Gasteiger partial charge in [-0.1, -0.05) is 36.4 Å². The molecule has 1 aromatic carbocycles. The molecule has 0 aliphatic heterocycles. The van der Waals surface area contributed by atoms with E-state index in [-0.39, 0.29) is 6.61 Å². The molecule has 0 saturated carbocycles. The van der Waals surface area contributed by atoms with Crippen molar-refractivity contribution >= 4 is 12.0 Å². The first-order valence-electron chi connectivity index (χ1n) is 5.00. The molecule has 3 nitrogen and oxygen atoms in total. The summed E-state index contributed by atoms with van der Waals surface area (Å²) < 4.78 is 4.89. The third-order valence-corrected chi connectivity index (χ3v) is 1.78. The van der Waals surface area contributed by atoms with Gasteiger partial charge in [0, 0.05) is 11.8 Å². The Morgan fingerprint density at radius 1 is 1.38 bits per heavy atom. The topological polar surface area (TPSA) is 52.3 Å². The molecular formula is C13H15NO2. The SMILES string of the molecule is C/C(N)=C/C(=O)OC/C=C/c1ccccc1. The minimum atomic E-state index is -0.419. The van der Waals surface area contributed by atoms with Crippen molar-refractivity contribution in [2.75, 3.05) is 6.61 Å². The number of benzene rings is 1. The van der Waals surface area contributed by atoms with Gasteiger partial charge in [0.05, 0.1) is 0 Å². The zero-order valence-electron chi connectivity index (χ0n) is 9.22. The Kier molecular flexibility index (Phi) is 4.86. The van der Waals surface area contributed by atoms with Crippen LogP contribution in [0.5, 0.6) is 0 Å². The molecule has 0 saturated heterocycles. The van der Waals surface area contributed by atoms with Crippen LogP contribution in [0.15, 0.2) is 48.2 Å². The number of hydrogen-bond acceptors (Lipinski definition) is 3. The molecule has 2 N–H and O–H groups in total. The van der Waals surface area contributed by atoms with Crippen LogP contribution in [0.4, 0.5) is 0 Å². The van der Waals surface area contributed by atoms with Crippen LogP contribution in [0.25, 0.3) is 6.08 Å². The highest BCUT2D eigenvalue weighted by Gasteiger charge is 1.94. The van der Waals surface area contributed by atoms with E-state index in [4.69, 9.17) is 10.5 Å². The van der Waals surface area contributed by atoms with E-state index in [9.17, 15) is 4.79 Å². The lowest BCUT2D eigenvalue weighted by Gasteiger charge is -1.97. The number of carbonyl (C=O) groups is 1. The molecule has 84 valence electrons. The molecule has 0 radical (unpaired) electrons. The summed E-state index contributed by atoms with van der Waals surface area (Å²) in [7, 11) is 0. The first-order valence-corrected chi connectivity index (χ1v) is 5.00. The van der Waals surface area contributed by atoms with Gasteiger partial charge >= 0.3 is 5.97 Å². The van der Waals surface area contributed by atoms with Crippen LogP contribution in [-0.4, -0.2) is 12.6 Å². The molecule has 1 aromatic rings. The lowest BCUT2D eigenvalue weighted by molar-refractivity contribution is -0.136. The molecular weight excluding hydrogens is 202 g/mol. The highest BCUT2D eigenvalue weighted by Crippen LogP contribution is 2.00. The van der Waals surface area contributed by atoms with Crippen molar-refractivity contribution < 1.29 is 9.53 Å². The quantitative estimate of drug-likeness (QED) is 0.620. The Balaban J connectivity index is 2.34. The second kappa shape index (κ2) is 6.45. The minimum absolute atomic E-state index is 0.248. The van der Waals surface area contributed by atoms with Crippen molar-refractivity contribution in [2.45, 2.75) is 6.92 Å². The number of esters is 1. The predicted molar refractivity (Wildman–Crippen MR) is 64.4 cm³/mol. The van der Waals surface area contributed by atoms with Gasteiger partial charge in [0.25, 0.3) is 0 Å². The summed E-state index contributed by atoms with van der Waals surface area (Å²) >= 11 is 0. The predicted octanol–water partition coefficient (Wildman–Crippen LogP) is 2.11. The van der Waals surface area contributed by atoms with Crippen molar-refractivity contribution in [2.24, 2.45) is 5.73 Å². The average molecular weight is 217 g/mol. The summed E-state index contributed by atoms with van der Waals surface area (Å²) in [6.07, 6.45) is 4.94. The molecule has 0 amide bonds. The maximum absolute atomic E-state index is 11.1. The molecule has 0 aliphatic carbocycles. The zero-order chi connectivity index (χ0) is 11.8. The lowest BCUT2D eigenvalue weighted by atomic mass is 10.2. The summed E-state index contributed by atoms with van der Waals surface area (Å²) in [6.45, 7) is 1.89. The van der Waals surface area contributed by atoms with Crippen LogP contribution < -0.4 is 5.73 Å². The van der Waals surface area contributed by atoms with Crippen molar-refractivity contribution in [1.29, 1.82) is 0 Å². The number of nitrogens with two attached hydrogens (primary N) is 1. The average Bonchev–Trinajstić information content (AvgIpc) is 2.25. The Labute approximate surface area is 95.2 Å². The molecule has 16 heavy (non-hydrogen) atoms. The second-order valence-electron chi connectivity index (χ2n) is 3.33. The summed E-state index contributed by atoms with van der Waals surface area (Å²) in [5, 5.41) is 0. The number of rotatable bonds is 4. The zero-order valence-corrected chi connectivity index (χ0v) is 9.22. The van der Waals surface area contributed by atoms with E-state index in [0.29, 0.717) is 5.70 Å². The molecule has 0 fully saturated rings. The summed E-state index contributed by atoms with van der Waals surface area (Å²) in [5.41, 5.74) is 6.85. The van der Waals surface area contributed by atoms with E-state index in [1.54, 1.807) is 13.0 Å². The Hall–Kier alpha value is -2.03. The second-order valence-corrected chi connectivity index (χ2v) is 3.33. The van der Waals surface area contributed by atoms with Crippen LogP contribution in [-0.2, 0) is 9.53 Å².